The van der Waals surface area contributed by atoms with E-state index in [0.29, 0.717) is 6.04 Å². The van der Waals surface area contributed by atoms with E-state index in [9.17, 15) is 0 Å². The van der Waals surface area contributed by atoms with Crippen LogP contribution in [0.3, 0.4) is 0 Å². The molecular formula is C20H22ClNO. The van der Waals surface area contributed by atoms with Crippen molar-refractivity contribution < 1.29 is 4.74 Å². The van der Waals surface area contributed by atoms with Crippen LogP contribution in [0.4, 0.5) is 0 Å². The summed E-state index contributed by atoms with van der Waals surface area (Å²) in [5.74, 6) is 0.944. The first-order chi connectivity index (χ1) is 11.2. The van der Waals surface area contributed by atoms with Crippen molar-refractivity contribution in [2.24, 2.45) is 0 Å². The lowest BCUT2D eigenvalue weighted by molar-refractivity contribution is 0.187. The molecule has 23 heavy (non-hydrogen) atoms. The van der Waals surface area contributed by atoms with E-state index < -0.39 is 0 Å². The lowest BCUT2D eigenvalue weighted by Crippen LogP contribution is -2.39. The number of rotatable bonds is 3. The van der Waals surface area contributed by atoms with Crippen molar-refractivity contribution in [3.63, 3.8) is 0 Å². The average molecular weight is 328 g/mol. The first-order valence-corrected chi connectivity index (χ1v) is 8.65. The number of halogens is 1. The normalized spacial score (nSPS) is 22.5. The summed E-state index contributed by atoms with van der Waals surface area (Å²) in [7, 11) is 3.98. The largest absolute Gasteiger partial charge is 0.497 e. The van der Waals surface area contributed by atoms with Crippen molar-refractivity contribution in [2.75, 3.05) is 20.7 Å². The Morgan fingerprint density at radius 3 is 2.65 bits per heavy atom. The molecule has 0 radical (unpaired) electrons. The third-order valence-corrected chi connectivity index (χ3v) is 5.87. The number of fused-ring (bicyclic) bond motifs is 1. The molecule has 0 bridgehead atoms. The van der Waals surface area contributed by atoms with Gasteiger partial charge in [0.2, 0.25) is 0 Å². The summed E-state index contributed by atoms with van der Waals surface area (Å²) in [6.07, 6.45) is 3.50. The minimum atomic E-state index is 0.147. The molecule has 3 heteroatoms. The molecule has 2 nitrogen and oxygen atoms in total. The lowest BCUT2D eigenvalue weighted by Gasteiger charge is -2.41. The fourth-order valence-corrected chi connectivity index (χ4v) is 4.58. The smallest absolute Gasteiger partial charge is 0.119 e. The molecule has 2 aromatic rings. The van der Waals surface area contributed by atoms with E-state index in [0.717, 1.165) is 23.7 Å². The van der Waals surface area contributed by atoms with Crippen molar-refractivity contribution in [1.29, 1.82) is 0 Å². The van der Waals surface area contributed by atoms with Gasteiger partial charge in [0.15, 0.2) is 0 Å². The van der Waals surface area contributed by atoms with Crippen LogP contribution in [0.15, 0.2) is 42.5 Å². The minimum Gasteiger partial charge on any atom is -0.497 e. The van der Waals surface area contributed by atoms with Gasteiger partial charge in [-0.15, -0.1) is 0 Å². The second-order valence-electron chi connectivity index (χ2n) is 6.83. The van der Waals surface area contributed by atoms with Crippen molar-refractivity contribution >= 4 is 11.6 Å². The van der Waals surface area contributed by atoms with Crippen LogP contribution in [0.5, 0.6) is 5.75 Å². The minimum absolute atomic E-state index is 0.147. The summed E-state index contributed by atoms with van der Waals surface area (Å²) >= 11 is 6.56. The SMILES string of the molecule is COc1ccc2c(c1)C(C1(c3ccccc3Cl)CC1)N(C)CC2. The van der Waals surface area contributed by atoms with Crippen molar-refractivity contribution in [1.82, 2.24) is 4.90 Å². The number of hydrogen-bond acceptors (Lipinski definition) is 2. The Morgan fingerprint density at radius 2 is 1.96 bits per heavy atom. The van der Waals surface area contributed by atoms with Gasteiger partial charge in [-0.3, -0.25) is 4.90 Å². The number of methoxy groups -OCH3 is 1. The molecule has 1 aliphatic carbocycles. The Hall–Kier alpha value is -1.51. The van der Waals surface area contributed by atoms with Crippen LogP contribution >= 0.6 is 11.6 Å². The van der Waals surface area contributed by atoms with E-state index in [1.165, 1.54) is 29.5 Å². The standard InChI is InChI=1S/C20H22ClNO/c1-22-12-9-14-7-8-15(23-2)13-16(14)19(22)20(10-11-20)17-5-3-4-6-18(17)21/h3-8,13,19H,9-12H2,1-2H3. The second kappa shape index (κ2) is 5.54. The van der Waals surface area contributed by atoms with Gasteiger partial charge < -0.3 is 4.74 Å². The van der Waals surface area contributed by atoms with E-state index in [2.05, 4.69) is 42.3 Å². The Kier molecular flexibility index (Phi) is 3.62. The molecule has 1 saturated carbocycles. The van der Waals surface area contributed by atoms with Crippen LogP contribution in [0.2, 0.25) is 5.02 Å². The monoisotopic (exact) mass is 327 g/mol. The summed E-state index contributed by atoms with van der Waals surface area (Å²) in [4.78, 5) is 2.50. The molecule has 0 amide bonds. The molecule has 1 aliphatic heterocycles. The van der Waals surface area contributed by atoms with Gasteiger partial charge in [-0.25, -0.2) is 0 Å². The second-order valence-corrected chi connectivity index (χ2v) is 7.24. The van der Waals surface area contributed by atoms with Gasteiger partial charge in [0.05, 0.1) is 7.11 Å². The Bertz CT molecular complexity index is 738. The Balaban J connectivity index is 1.84. The molecule has 1 fully saturated rings. The van der Waals surface area contributed by atoms with Crippen LogP contribution in [0.25, 0.3) is 0 Å². The van der Waals surface area contributed by atoms with Gasteiger partial charge in [0.25, 0.3) is 0 Å². The van der Waals surface area contributed by atoms with Gasteiger partial charge >= 0.3 is 0 Å². The molecule has 0 N–H and O–H groups in total. The zero-order chi connectivity index (χ0) is 16.0. The quantitative estimate of drug-likeness (QED) is 0.816. The summed E-state index contributed by atoms with van der Waals surface area (Å²) in [5.41, 5.74) is 4.31. The maximum absolute atomic E-state index is 6.56. The molecule has 4 rings (SSSR count). The zero-order valence-electron chi connectivity index (χ0n) is 13.7. The maximum atomic E-state index is 6.56. The van der Waals surface area contributed by atoms with Gasteiger partial charge in [-0.1, -0.05) is 35.9 Å². The molecule has 0 saturated heterocycles. The fourth-order valence-electron chi connectivity index (χ4n) is 4.25. The third kappa shape index (κ3) is 2.36. The molecule has 120 valence electrons. The highest BCUT2D eigenvalue weighted by molar-refractivity contribution is 6.31. The zero-order valence-corrected chi connectivity index (χ0v) is 14.4. The van der Waals surface area contributed by atoms with Crippen LogP contribution in [-0.2, 0) is 11.8 Å². The summed E-state index contributed by atoms with van der Waals surface area (Å²) < 4.78 is 5.48. The number of hydrogen-bond donors (Lipinski definition) is 0. The first-order valence-electron chi connectivity index (χ1n) is 8.28. The molecule has 1 unspecified atom stereocenters. The number of nitrogens with zero attached hydrogens (tertiary/aromatic N) is 1. The van der Waals surface area contributed by atoms with Crippen LogP contribution in [0.1, 0.15) is 35.6 Å². The fraction of sp³-hybridized carbons (Fsp3) is 0.400. The van der Waals surface area contributed by atoms with Crippen molar-refractivity contribution in [3.05, 3.63) is 64.2 Å². The predicted octanol–water partition coefficient (Wildman–Crippen LogP) is 4.61. The van der Waals surface area contributed by atoms with Crippen molar-refractivity contribution in [3.8, 4) is 5.75 Å². The third-order valence-electron chi connectivity index (χ3n) is 5.54. The highest BCUT2D eigenvalue weighted by Crippen LogP contribution is 2.61. The molecule has 0 aromatic heterocycles. The summed E-state index contributed by atoms with van der Waals surface area (Å²) in [5, 5.41) is 0.897. The van der Waals surface area contributed by atoms with E-state index in [1.807, 2.05) is 12.1 Å². The van der Waals surface area contributed by atoms with E-state index in [-0.39, 0.29) is 5.41 Å². The Morgan fingerprint density at radius 1 is 1.17 bits per heavy atom. The Labute approximate surface area is 143 Å². The van der Waals surface area contributed by atoms with Gasteiger partial charge in [0.1, 0.15) is 5.75 Å². The van der Waals surface area contributed by atoms with E-state index in [4.69, 9.17) is 16.3 Å². The average Bonchev–Trinajstić information content (AvgIpc) is 3.35. The van der Waals surface area contributed by atoms with Gasteiger partial charge in [0, 0.05) is 23.0 Å². The van der Waals surface area contributed by atoms with E-state index >= 15 is 0 Å². The van der Waals surface area contributed by atoms with Gasteiger partial charge in [-0.2, -0.15) is 0 Å². The number of likely N-dealkylation sites (N-methyl/N-ethyl adjacent to an activating group) is 1. The molecule has 1 heterocycles. The maximum Gasteiger partial charge on any atom is 0.119 e. The highest BCUT2D eigenvalue weighted by Gasteiger charge is 2.54. The van der Waals surface area contributed by atoms with Crippen LogP contribution in [-0.4, -0.2) is 25.6 Å². The topological polar surface area (TPSA) is 12.5 Å². The molecule has 1 atom stereocenters. The highest BCUT2D eigenvalue weighted by atomic mass is 35.5. The summed E-state index contributed by atoms with van der Waals surface area (Å²) in [6.45, 7) is 1.09. The lowest BCUT2D eigenvalue weighted by atomic mass is 9.78. The molecular weight excluding hydrogens is 306 g/mol. The van der Waals surface area contributed by atoms with E-state index in [1.54, 1.807) is 7.11 Å². The predicted molar refractivity (Wildman–Crippen MR) is 94.4 cm³/mol. The van der Waals surface area contributed by atoms with Gasteiger partial charge in [-0.05, 0) is 61.2 Å². The van der Waals surface area contributed by atoms with Crippen LogP contribution in [0, 0.1) is 0 Å². The number of benzene rings is 2. The first kappa shape index (κ1) is 15.0. The number of ether oxygens (including phenoxy) is 1. The molecule has 0 spiro atoms. The van der Waals surface area contributed by atoms with Crippen LogP contribution < -0.4 is 4.74 Å². The summed E-state index contributed by atoms with van der Waals surface area (Å²) in [6, 6.07) is 15.3. The molecule has 2 aromatic carbocycles. The van der Waals surface area contributed by atoms with Crippen molar-refractivity contribution in [2.45, 2.75) is 30.7 Å². The molecule has 2 aliphatic rings.